The molecule has 56 aliphatic carbocycles. The monoisotopic (exact) mass is 1990 g/mol. The molecule has 0 aliphatic heterocycles. The molecule has 111 unspecified atom stereocenters. The van der Waals surface area contributed by atoms with Crippen LogP contribution in [-0.4, -0.2) is 13.1 Å². The normalized spacial score (nSPS) is 86.5. The molecule has 0 aromatic rings. The minimum Gasteiger partial charge on any atom is -0.330 e. The highest BCUT2D eigenvalue weighted by Gasteiger charge is 3.01. The molecule has 112 atom stereocenters. The van der Waals surface area contributed by atoms with E-state index in [1.165, 1.54) is 397 Å². The predicted molar refractivity (Wildman–Crippen MR) is 563 cm³/mol. The van der Waals surface area contributed by atoms with Crippen molar-refractivity contribution < 1.29 is 0 Å². The van der Waals surface area contributed by atoms with Gasteiger partial charge in [0, 0.05) is 0 Å². The lowest BCUT2D eigenvalue weighted by Crippen LogP contribution is -2.92. The maximum atomic E-state index is 14.3. The Balaban J connectivity index is 0.554. The summed E-state index contributed by atoms with van der Waals surface area (Å²) in [6.45, 7) is 4.85. The van der Waals surface area contributed by atoms with Gasteiger partial charge < -0.3 is 5.73 Å². The number of nitrogens with zero attached hydrogens (tertiary/aromatic N) is 1. The molecule has 788 valence electrons. The smallest absolute Gasteiger partial charge is 0.0814 e. The fourth-order valence-electron chi connectivity index (χ4n) is 91.6. The second-order valence-corrected chi connectivity index (χ2v) is 78.6. The number of hydrogen-bond donors (Lipinski definition) is 1. The van der Waals surface area contributed by atoms with E-state index in [1.54, 1.807) is 161 Å². The highest BCUT2D eigenvalue weighted by atomic mass is 16.3. The summed E-state index contributed by atoms with van der Waals surface area (Å²) < 4.78 is 0. The van der Waals surface area contributed by atoms with Crippen molar-refractivity contribution in [2.75, 3.05) is 13.1 Å². The molecule has 0 bridgehead atoms. The van der Waals surface area contributed by atoms with Gasteiger partial charge in [-0.15, -0.1) is 0 Å². The van der Waals surface area contributed by atoms with Gasteiger partial charge in [0.25, 0.3) is 0 Å². The van der Waals surface area contributed by atoms with Crippen LogP contribution in [0.4, 0.5) is 0 Å². The molecule has 56 saturated carbocycles. The van der Waals surface area contributed by atoms with Gasteiger partial charge >= 0.3 is 0 Å². The molecule has 56 fully saturated rings. The molecule has 0 amide bonds. The predicted octanol–water partition coefficient (Wildman–Crippen LogP) is 26.4. The van der Waals surface area contributed by atoms with E-state index >= 15 is 0 Å². The third-order valence-electron chi connectivity index (χ3n) is 84.3. The van der Waals surface area contributed by atoms with Gasteiger partial charge in [-0.2, -0.15) is 4.91 Å². The summed E-state index contributed by atoms with van der Waals surface area (Å²) in [5, 5.41) is 4.44. The van der Waals surface area contributed by atoms with Crippen LogP contribution in [-0.2, 0) is 0 Å². The molecule has 3 nitrogen and oxygen atoms in total. The van der Waals surface area contributed by atoms with Gasteiger partial charge in [0.1, 0.15) is 0 Å². The molecule has 0 spiro atoms. The minimum atomic E-state index is 0.189. The van der Waals surface area contributed by atoms with E-state index in [0.29, 0.717) is 6.54 Å². The highest BCUT2D eigenvalue weighted by molar-refractivity contribution is 5.48. The molecule has 0 aromatic heterocycles. The third kappa shape index (κ3) is 6.69. The Morgan fingerprint density at radius 1 is 0.167 bits per heavy atom. The van der Waals surface area contributed by atoms with Gasteiger partial charge in [-0.25, -0.2) is 0 Å². The fourth-order valence-corrected chi connectivity index (χ4v) is 91.6. The maximum Gasteiger partial charge on any atom is 0.0814 e. The Morgan fingerprint density at radius 2 is 0.340 bits per heavy atom. The largest absolute Gasteiger partial charge is 0.330 e. The molecule has 56 rings (SSSR count). The van der Waals surface area contributed by atoms with E-state index in [2.05, 4.69) is 12.1 Å². The van der Waals surface area contributed by atoms with E-state index in [1.807, 2.05) is 38.5 Å². The van der Waals surface area contributed by atoms with E-state index < -0.39 is 0 Å². The summed E-state index contributed by atoms with van der Waals surface area (Å²) in [6.07, 6.45) is 55.5. The van der Waals surface area contributed by atoms with Gasteiger partial charge in [-0.05, 0) is 849 Å². The van der Waals surface area contributed by atoms with Gasteiger partial charge in [-0.1, -0.05) is 37.8 Å². The topological polar surface area (TPSA) is 55.4 Å². The zero-order chi connectivity index (χ0) is 92.3. The van der Waals surface area contributed by atoms with Gasteiger partial charge in [-0.3, -0.25) is 0 Å². The first-order valence-electron chi connectivity index (χ1n) is 73.4. The van der Waals surface area contributed by atoms with E-state index in [4.69, 9.17) is 5.73 Å². The Labute approximate surface area is 897 Å². The van der Waals surface area contributed by atoms with Crippen LogP contribution in [0.1, 0.15) is 212 Å². The van der Waals surface area contributed by atoms with Crippen LogP contribution < -0.4 is 5.73 Å². The van der Waals surface area contributed by atoms with Crippen molar-refractivity contribution in [1.29, 1.82) is 0 Å². The average Bonchev–Trinajstić information content (AvgIpc) is 0.701. The van der Waals surface area contributed by atoms with Crippen LogP contribution in [0.5, 0.6) is 0 Å². The summed E-state index contributed by atoms with van der Waals surface area (Å²) >= 11 is 0. The van der Waals surface area contributed by atoms with Crippen molar-refractivity contribution in [3.05, 3.63) is 4.91 Å². The quantitative estimate of drug-likeness (QED) is 0.285. The van der Waals surface area contributed by atoms with E-state index in [0.717, 1.165) is 273 Å². The molecular formula is C147H184N2O. The molecule has 3 heteroatoms. The fraction of sp³-hybridized carbons (Fsp3) is 1.00. The summed E-state index contributed by atoms with van der Waals surface area (Å²) in [6, 6.07) is 0. The van der Waals surface area contributed by atoms with E-state index in [-0.39, 0.29) is 5.41 Å². The van der Waals surface area contributed by atoms with Crippen LogP contribution in [0.3, 0.4) is 0 Å². The van der Waals surface area contributed by atoms with Crippen molar-refractivity contribution in [3.8, 4) is 0 Å². The number of fused-ring (bicyclic) bond motifs is 5. The lowest BCUT2D eigenvalue weighted by molar-refractivity contribution is -0.492. The first-order chi connectivity index (χ1) is 74.4. The molecule has 0 heterocycles. The molecule has 56 aliphatic rings. The molecule has 0 saturated heterocycles. The van der Waals surface area contributed by atoms with Crippen LogP contribution in [0.2, 0.25) is 0 Å². The number of nitroso groups, excluding NO2 is 1. The zero-order valence-electron chi connectivity index (χ0n) is 91.1. The number of rotatable bonds is 4. The lowest BCUT2D eigenvalue weighted by Gasteiger charge is -2.96. The number of nitrogens with two attached hydrogens (primary N) is 1. The second-order valence-electron chi connectivity index (χ2n) is 78.6. The summed E-state index contributed by atoms with van der Waals surface area (Å²) in [7, 11) is 0. The molecule has 0 radical (unpaired) electrons. The maximum absolute atomic E-state index is 14.3. The standard InChI is InChI=1S/C147H184N2O/c1-147(35-148)34-49-32-48-29-44-26-41-11-9-37-13-15-53-57-21-20-56-52-14-12-36-8-10-40-25-43-28-46-31-47-30-45-27-42-24-38-4-2-6-50-54-16-18-58-59-19-17-55-51-7-3-5-39-33-61-60(22-23-149-150)146(147)145-95-75(49)94-74(48)91-70(44)88-67(41)65(37)77(53)97-101-81(57)80(56)100-96-76(52)64(36)66(40)87-69(43)90-72(46)93-73(47)92-71(45)89-68(42)85(62(38)50)98-78(54)82(58)102-103-83(59)79(55)99-86(63(39)51)84(61)104(145)120-115(99)119(103)132-131-118(102)114(98)107(89)123-110(92)125-111(93)124-108(90)121(105(87)96)129-116(100)117(101)130-122(106(88)97)109(91)126-112(94)127-113(95)128(120)138(132)144-137(127)143-136(126)140(130)139(129)134(124)142(143)135(125)141(144)133(123)131/h36-146H,2-35,148H2,1H3/t36?,37?,38?,39?,40?,41?,42?,43?,44?,45?,46?,47?,48?,49?,50?,51?,52?,53?,54?,55?,56?,57?,58?,59?,60?,61?,62?,63?,64?,65?,66?,67?,68?,69?,70?,71?,72?,73?,74?,75?,76?,77?,78?,79?,80?,81?,82?,83?,84?,85?,86?,87?,88?,89?,90?,91?,92?,93?,94?,95?,96?,97?,98?,99?,100?,101?,102?,103?,104?,105?,106?,107?,108?,109?,110?,111?,112?,113?,114?,115?,116?,117?,118?,119?,120?,121?,122?,123?,124?,125?,126?,127?,128?,129?,130?,131?,132?,133?,134?,135?,136?,137?,138?,139?,140?,141?,142?,143?,144?,145?,146?,147-/m0/s1. The molecule has 2 N–H and O–H groups in total. The third-order valence-corrected chi connectivity index (χ3v) is 84.3. The van der Waals surface area contributed by atoms with Crippen molar-refractivity contribution >= 4 is 0 Å². The van der Waals surface area contributed by atoms with Crippen molar-refractivity contribution in [2.24, 2.45) is 673 Å². The first-order valence-corrected chi connectivity index (χ1v) is 73.4. The van der Waals surface area contributed by atoms with Gasteiger partial charge in [0.05, 0.1) is 6.54 Å². The van der Waals surface area contributed by atoms with Crippen LogP contribution in [0.25, 0.3) is 0 Å². The Morgan fingerprint density at radius 3 is 0.627 bits per heavy atom. The summed E-state index contributed by atoms with van der Waals surface area (Å²) in [4.78, 5) is 14.3. The Hall–Kier alpha value is -0.440. The van der Waals surface area contributed by atoms with Gasteiger partial charge in [0.15, 0.2) is 0 Å². The Bertz CT molecular complexity index is 6430. The summed E-state index contributed by atoms with van der Waals surface area (Å²) in [5.74, 6) is 128. The van der Waals surface area contributed by atoms with Crippen LogP contribution in [0, 0.1) is 667 Å². The Kier molecular flexibility index (Phi) is 12.2. The van der Waals surface area contributed by atoms with Crippen molar-refractivity contribution in [3.63, 3.8) is 0 Å². The molecule has 150 heavy (non-hydrogen) atoms. The first kappa shape index (κ1) is 78.9. The average molecular weight is 2000 g/mol. The SMILES string of the molecule is C[C@@]1(CN)CC2CC3CC4CC5CCC6CCC7C8CCC9C%10CCC%11CCC%12CC%13CC%14CC%15CC%16CC%17CC%18CCCC%19C%20CCC%21C%22CCC%23C%24CCCC%25CC%26C(CCN=O)C1C1C%27C2C2C3C3C4C4C5C6C7C5C6C8C9C7C8C%10C%11C%12C9C%13C%10C%14C%11C%15C%12C%16C%13C%17C(C%18%19)C%14C%20C%21C%15C%16C%22C%23C%17C(C%25%24)C%26C1C1C%17C%16C%16C%17C%15C%14C%13C%13C%12C%12C%11C%11C%10C(C98)C8C7C6C6C(C45)C3C3C2C2C4C5C3C6C8C%11C5C%12C(C%13%17)C4C%16C1C2%27. The minimum absolute atomic E-state index is 0.189. The van der Waals surface area contributed by atoms with Crippen molar-refractivity contribution in [2.45, 2.75) is 212 Å². The molecule has 0 aromatic carbocycles. The zero-order valence-corrected chi connectivity index (χ0v) is 91.1. The van der Waals surface area contributed by atoms with E-state index in [9.17, 15) is 4.91 Å². The highest BCUT2D eigenvalue weighted by Crippen LogP contribution is 3.05. The van der Waals surface area contributed by atoms with Crippen LogP contribution >= 0.6 is 0 Å². The van der Waals surface area contributed by atoms with Crippen LogP contribution in [0.15, 0.2) is 5.18 Å². The van der Waals surface area contributed by atoms with Crippen molar-refractivity contribution in [1.82, 2.24) is 0 Å². The summed E-state index contributed by atoms with van der Waals surface area (Å²) in [5.41, 5.74) is 8.89. The second kappa shape index (κ2) is 23.2. The lowest BCUT2D eigenvalue weighted by atomic mass is 9.09. The molecular weight excluding hydrogens is 1810 g/mol. The van der Waals surface area contributed by atoms with Gasteiger partial charge in [0.2, 0.25) is 0 Å². The number of hydrogen-bond acceptors (Lipinski definition) is 3.